The van der Waals surface area contributed by atoms with Gasteiger partial charge in [0.2, 0.25) is 5.91 Å². The van der Waals surface area contributed by atoms with Crippen molar-refractivity contribution in [2.24, 2.45) is 0 Å². The predicted molar refractivity (Wildman–Crippen MR) is 81.9 cm³/mol. The van der Waals surface area contributed by atoms with Crippen LogP contribution in [0.25, 0.3) is 0 Å². The molecule has 2 N–H and O–H groups in total. The molecular formula is C13H15ClFIN2O. The van der Waals surface area contributed by atoms with Crippen LogP contribution in [0.1, 0.15) is 31.4 Å². The molecule has 0 spiro atoms. The number of amides is 1. The number of carbonyl (C=O) groups excluding carboxylic acids is 1. The molecule has 0 aromatic heterocycles. The molecule has 0 radical (unpaired) electrons. The molecule has 3 atom stereocenters. The normalized spacial score (nSPS) is 24.2. The molecule has 2 rings (SSSR count). The minimum atomic E-state index is -0.469. The van der Waals surface area contributed by atoms with E-state index >= 15 is 0 Å². The summed E-state index contributed by atoms with van der Waals surface area (Å²) in [6.45, 7) is 1.75. The molecule has 1 fully saturated rings. The maximum atomic E-state index is 13.8. The zero-order valence-electron chi connectivity index (χ0n) is 10.4. The number of nitrogens with one attached hydrogen (secondary N) is 2. The molecule has 1 aromatic rings. The van der Waals surface area contributed by atoms with Gasteiger partial charge in [-0.1, -0.05) is 46.3 Å². The summed E-state index contributed by atoms with van der Waals surface area (Å²) in [5.41, 5.74) is 0.407. The number of carbonyl (C=O) groups is 1. The highest BCUT2D eigenvalue weighted by Gasteiger charge is 2.28. The van der Waals surface area contributed by atoms with Crippen molar-refractivity contribution in [3.05, 3.63) is 34.6 Å². The largest absolute Gasteiger partial charge is 0.348 e. The second-order valence-corrected chi connectivity index (χ2v) is 6.55. The number of benzene rings is 1. The average Bonchev–Trinajstić information content (AvgIpc) is 2.79. The molecule has 1 aromatic carbocycles. The third-order valence-corrected chi connectivity index (χ3v) is 4.49. The summed E-state index contributed by atoms with van der Waals surface area (Å²) in [6.07, 6.45) is 1.78. The fraction of sp³-hybridized carbons (Fsp3) is 0.462. The molecule has 0 bridgehead atoms. The minimum Gasteiger partial charge on any atom is -0.348 e. The number of halogens is 3. The Hall–Kier alpha value is -0.400. The highest BCUT2D eigenvalue weighted by Crippen LogP contribution is 2.24. The van der Waals surface area contributed by atoms with Crippen molar-refractivity contribution in [3.63, 3.8) is 0 Å². The molecule has 3 nitrogen and oxygen atoms in total. The van der Waals surface area contributed by atoms with E-state index in [1.807, 2.05) is 0 Å². The average molecular weight is 397 g/mol. The maximum Gasteiger partial charge on any atom is 0.237 e. The van der Waals surface area contributed by atoms with Crippen LogP contribution in [-0.2, 0) is 4.79 Å². The quantitative estimate of drug-likeness (QED) is 0.468. The van der Waals surface area contributed by atoms with Gasteiger partial charge in [-0.05, 0) is 25.8 Å². The zero-order valence-corrected chi connectivity index (χ0v) is 13.3. The molecule has 19 heavy (non-hydrogen) atoms. The van der Waals surface area contributed by atoms with Gasteiger partial charge in [-0.25, -0.2) is 4.39 Å². The lowest BCUT2D eigenvalue weighted by Crippen LogP contribution is -2.42. The van der Waals surface area contributed by atoms with Crippen molar-refractivity contribution < 1.29 is 9.18 Å². The van der Waals surface area contributed by atoms with Crippen molar-refractivity contribution in [2.75, 3.05) is 0 Å². The number of hydrogen-bond acceptors (Lipinski definition) is 2. The molecule has 0 aliphatic carbocycles. The molecule has 6 heteroatoms. The lowest BCUT2D eigenvalue weighted by Gasteiger charge is -2.18. The fourth-order valence-corrected chi connectivity index (χ4v) is 3.13. The SMILES string of the molecule is C[C@H](NC(=O)[C@@H]1CC[C@@H](I)N1)c1cccc(Cl)c1F. The van der Waals surface area contributed by atoms with Crippen molar-refractivity contribution in [3.8, 4) is 0 Å². The van der Waals surface area contributed by atoms with Gasteiger partial charge in [0, 0.05) is 5.56 Å². The zero-order chi connectivity index (χ0) is 14.0. The Morgan fingerprint density at radius 2 is 2.32 bits per heavy atom. The van der Waals surface area contributed by atoms with E-state index in [2.05, 4.69) is 33.2 Å². The summed E-state index contributed by atoms with van der Waals surface area (Å²) in [5, 5.41) is 6.09. The molecule has 104 valence electrons. The predicted octanol–water partition coefficient (Wildman–Crippen LogP) is 3.17. The van der Waals surface area contributed by atoms with E-state index in [0.717, 1.165) is 12.8 Å². The van der Waals surface area contributed by atoms with Gasteiger partial charge in [-0.2, -0.15) is 0 Å². The summed E-state index contributed by atoms with van der Waals surface area (Å²) in [7, 11) is 0. The van der Waals surface area contributed by atoms with E-state index < -0.39 is 11.9 Å². The monoisotopic (exact) mass is 396 g/mol. The lowest BCUT2D eigenvalue weighted by atomic mass is 10.1. The van der Waals surface area contributed by atoms with Gasteiger partial charge in [0.15, 0.2) is 0 Å². The summed E-state index contributed by atoms with van der Waals surface area (Å²) < 4.78 is 14.2. The molecule has 0 unspecified atom stereocenters. The van der Waals surface area contributed by atoms with E-state index in [9.17, 15) is 9.18 Å². The van der Waals surface area contributed by atoms with E-state index in [1.54, 1.807) is 19.1 Å². The van der Waals surface area contributed by atoms with Crippen LogP contribution in [0.4, 0.5) is 4.39 Å². The van der Waals surface area contributed by atoms with Gasteiger partial charge in [-0.3, -0.25) is 10.1 Å². The van der Waals surface area contributed by atoms with Crippen LogP contribution in [0.2, 0.25) is 5.02 Å². The standard InChI is InChI=1S/C13H15ClFIN2O/c1-7(8-3-2-4-9(14)12(8)15)17-13(19)10-5-6-11(16)18-10/h2-4,7,10-11,18H,5-6H2,1H3,(H,17,19)/t7-,10-,11-/m0/s1. The van der Waals surface area contributed by atoms with Crippen molar-refractivity contribution in [1.29, 1.82) is 0 Å². The molecule has 1 heterocycles. The van der Waals surface area contributed by atoms with Crippen LogP contribution >= 0.6 is 34.2 Å². The highest BCUT2D eigenvalue weighted by molar-refractivity contribution is 14.1. The second kappa shape index (κ2) is 6.37. The number of hydrogen-bond donors (Lipinski definition) is 2. The van der Waals surface area contributed by atoms with Crippen LogP contribution in [0, 0.1) is 5.82 Å². The Kier molecular flexibility index (Phi) is 5.03. The van der Waals surface area contributed by atoms with E-state index in [-0.39, 0.29) is 17.0 Å². The van der Waals surface area contributed by atoms with E-state index in [4.69, 9.17) is 11.6 Å². The van der Waals surface area contributed by atoms with Gasteiger partial charge in [0.1, 0.15) is 5.82 Å². The molecule has 1 saturated heterocycles. The van der Waals surface area contributed by atoms with Crippen LogP contribution < -0.4 is 10.6 Å². The third kappa shape index (κ3) is 3.58. The maximum absolute atomic E-state index is 13.8. The summed E-state index contributed by atoms with van der Waals surface area (Å²) in [4.78, 5) is 12.0. The second-order valence-electron chi connectivity index (χ2n) is 4.64. The summed E-state index contributed by atoms with van der Waals surface area (Å²) in [6, 6.07) is 4.22. The fourth-order valence-electron chi connectivity index (χ4n) is 2.15. The first kappa shape index (κ1) is 15.0. The van der Waals surface area contributed by atoms with E-state index in [1.165, 1.54) is 6.07 Å². The van der Waals surface area contributed by atoms with E-state index in [0.29, 0.717) is 9.61 Å². The van der Waals surface area contributed by atoms with Gasteiger partial charge in [-0.15, -0.1) is 0 Å². The number of rotatable bonds is 3. The smallest absolute Gasteiger partial charge is 0.237 e. The van der Waals surface area contributed by atoms with Gasteiger partial charge < -0.3 is 5.32 Å². The molecular weight excluding hydrogens is 382 g/mol. The lowest BCUT2D eigenvalue weighted by molar-refractivity contribution is -0.123. The van der Waals surface area contributed by atoms with Crippen LogP contribution in [0.15, 0.2) is 18.2 Å². The first-order valence-corrected chi connectivity index (χ1v) is 7.76. The Labute approximate surface area is 130 Å². The Morgan fingerprint density at radius 1 is 1.58 bits per heavy atom. The third-order valence-electron chi connectivity index (χ3n) is 3.21. The van der Waals surface area contributed by atoms with Gasteiger partial charge in [0.05, 0.1) is 21.2 Å². The van der Waals surface area contributed by atoms with Crippen molar-refractivity contribution in [1.82, 2.24) is 10.6 Å². The molecule has 0 saturated carbocycles. The first-order chi connectivity index (χ1) is 8.99. The topological polar surface area (TPSA) is 41.1 Å². The molecule has 1 aliphatic heterocycles. The van der Waals surface area contributed by atoms with Crippen LogP contribution in [0.3, 0.4) is 0 Å². The summed E-state index contributed by atoms with van der Waals surface area (Å²) in [5.74, 6) is -0.561. The Balaban J connectivity index is 2.02. The van der Waals surface area contributed by atoms with Crippen molar-refractivity contribution in [2.45, 2.75) is 35.9 Å². The van der Waals surface area contributed by atoms with Gasteiger partial charge in [0.25, 0.3) is 0 Å². The Bertz CT molecular complexity index is 486. The Morgan fingerprint density at radius 3 is 2.95 bits per heavy atom. The van der Waals surface area contributed by atoms with Gasteiger partial charge >= 0.3 is 0 Å². The van der Waals surface area contributed by atoms with Crippen molar-refractivity contribution >= 4 is 40.1 Å². The molecule has 1 amide bonds. The number of alkyl halides is 1. The minimum absolute atomic E-state index is 0.0740. The summed E-state index contributed by atoms with van der Waals surface area (Å²) >= 11 is 8.01. The highest BCUT2D eigenvalue weighted by atomic mass is 127. The first-order valence-electron chi connectivity index (χ1n) is 6.13. The van der Waals surface area contributed by atoms with Crippen LogP contribution in [-0.4, -0.2) is 16.0 Å². The molecule has 1 aliphatic rings. The van der Waals surface area contributed by atoms with Crippen LogP contribution in [0.5, 0.6) is 0 Å².